The number of aromatic nitrogens is 2. The van der Waals surface area contributed by atoms with Crippen LogP contribution in [0.2, 0.25) is 0 Å². The Morgan fingerprint density at radius 3 is 2.57 bits per heavy atom. The van der Waals surface area contributed by atoms with Crippen LogP contribution in [0.5, 0.6) is 0 Å². The average Bonchev–Trinajstić information content (AvgIpc) is 2.49. The maximum absolute atomic E-state index is 11.8. The van der Waals surface area contributed by atoms with Crippen LogP contribution < -0.4 is 5.32 Å². The molecule has 1 atom stereocenters. The van der Waals surface area contributed by atoms with Crippen LogP contribution in [0.4, 0.5) is 4.79 Å². The third-order valence-electron chi connectivity index (χ3n) is 3.57. The molecule has 0 radical (unpaired) electrons. The van der Waals surface area contributed by atoms with E-state index in [1.54, 1.807) is 12.4 Å². The number of alkyl carbamates (subject to hydrolysis) is 1. The molecule has 0 saturated heterocycles. The zero-order valence-corrected chi connectivity index (χ0v) is 14.3. The molecule has 2 aromatic rings. The quantitative estimate of drug-likeness (QED) is 0.913. The van der Waals surface area contributed by atoms with Gasteiger partial charge in [0, 0.05) is 18.9 Å². The number of amides is 1. The van der Waals surface area contributed by atoms with Crippen LogP contribution in [-0.4, -0.2) is 28.2 Å². The van der Waals surface area contributed by atoms with E-state index in [2.05, 4.69) is 34.3 Å². The minimum absolute atomic E-state index is 0.358. The van der Waals surface area contributed by atoms with Crippen molar-refractivity contribution in [2.75, 3.05) is 6.54 Å². The number of hydrogen-bond donors (Lipinski definition) is 1. The molecule has 0 aliphatic carbocycles. The highest BCUT2D eigenvalue weighted by atomic mass is 16.6. The first-order valence-corrected chi connectivity index (χ1v) is 8.04. The van der Waals surface area contributed by atoms with Gasteiger partial charge in [0.25, 0.3) is 0 Å². The maximum Gasteiger partial charge on any atom is 0.407 e. The molecule has 1 aromatic heterocycles. The maximum atomic E-state index is 11.8. The lowest BCUT2D eigenvalue weighted by atomic mass is 9.96. The lowest BCUT2D eigenvalue weighted by Crippen LogP contribution is -2.35. The number of carbonyl (C=O) groups excluding carboxylic acids is 1. The van der Waals surface area contributed by atoms with Crippen LogP contribution in [0.1, 0.15) is 39.7 Å². The molecule has 5 heteroatoms. The summed E-state index contributed by atoms with van der Waals surface area (Å²) in [5.74, 6) is 0.358. The summed E-state index contributed by atoms with van der Waals surface area (Å²) in [6.45, 7) is 8.31. The van der Waals surface area contributed by atoms with Crippen molar-refractivity contribution in [3.05, 3.63) is 36.2 Å². The predicted molar refractivity (Wildman–Crippen MR) is 91.3 cm³/mol. The predicted octanol–water partition coefficient (Wildman–Crippen LogP) is 3.72. The second kappa shape index (κ2) is 7.40. The fraction of sp³-hybridized carbons (Fsp3) is 0.500. The Morgan fingerprint density at radius 2 is 1.91 bits per heavy atom. The first-order valence-electron chi connectivity index (χ1n) is 8.04. The van der Waals surface area contributed by atoms with Gasteiger partial charge in [-0.1, -0.05) is 19.4 Å². The number of carbonyl (C=O) groups is 1. The fourth-order valence-electron chi connectivity index (χ4n) is 2.37. The number of nitrogens with one attached hydrogen (secondary N) is 1. The highest BCUT2D eigenvalue weighted by Gasteiger charge is 2.17. The Bertz CT molecular complexity index is 665. The van der Waals surface area contributed by atoms with Crippen molar-refractivity contribution >= 4 is 17.1 Å². The molecule has 1 unspecified atom stereocenters. The molecule has 0 fully saturated rings. The van der Waals surface area contributed by atoms with E-state index < -0.39 is 5.60 Å². The first-order chi connectivity index (χ1) is 10.9. The fourth-order valence-corrected chi connectivity index (χ4v) is 2.37. The lowest BCUT2D eigenvalue weighted by molar-refractivity contribution is 0.0518. The summed E-state index contributed by atoms with van der Waals surface area (Å²) in [5, 5.41) is 2.86. The molecule has 0 aliphatic rings. The van der Waals surface area contributed by atoms with Crippen molar-refractivity contribution in [2.45, 2.75) is 46.1 Å². The molecule has 0 saturated carbocycles. The largest absolute Gasteiger partial charge is 0.444 e. The molecule has 0 aliphatic heterocycles. The molecule has 1 heterocycles. The van der Waals surface area contributed by atoms with Gasteiger partial charge in [-0.2, -0.15) is 0 Å². The minimum Gasteiger partial charge on any atom is -0.444 e. The van der Waals surface area contributed by atoms with Gasteiger partial charge in [0.1, 0.15) is 5.60 Å². The molecule has 0 spiro atoms. The van der Waals surface area contributed by atoms with E-state index >= 15 is 0 Å². The highest BCUT2D eigenvalue weighted by Crippen LogP contribution is 2.16. The standard InChI is InChI=1S/C18H25N3O2/c1-5-13(12-21-17(22)23-18(2,3)4)10-14-6-7-15-16(11-14)20-9-8-19-15/h6-9,11,13H,5,10,12H2,1-4H3,(H,21,22). The second-order valence-corrected chi connectivity index (χ2v) is 6.74. The zero-order chi connectivity index (χ0) is 16.9. The number of hydrogen-bond acceptors (Lipinski definition) is 4. The van der Waals surface area contributed by atoms with E-state index in [-0.39, 0.29) is 6.09 Å². The van der Waals surface area contributed by atoms with Gasteiger partial charge in [-0.25, -0.2) is 4.79 Å². The summed E-state index contributed by atoms with van der Waals surface area (Å²) in [7, 11) is 0. The number of ether oxygens (including phenoxy) is 1. The van der Waals surface area contributed by atoms with E-state index in [0.717, 1.165) is 23.9 Å². The number of benzene rings is 1. The normalized spacial score (nSPS) is 12.9. The Labute approximate surface area is 137 Å². The molecule has 23 heavy (non-hydrogen) atoms. The van der Waals surface area contributed by atoms with Crippen LogP contribution in [0, 0.1) is 5.92 Å². The van der Waals surface area contributed by atoms with Crippen molar-refractivity contribution in [1.82, 2.24) is 15.3 Å². The van der Waals surface area contributed by atoms with Gasteiger partial charge in [-0.3, -0.25) is 9.97 Å². The zero-order valence-electron chi connectivity index (χ0n) is 14.3. The Balaban J connectivity index is 1.94. The summed E-state index contributed by atoms with van der Waals surface area (Å²) in [6, 6.07) is 6.14. The van der Waals surface area contributed by atoms with Gasteiger partial charge in [0.2, 0.25) is 0 Å². The lowest BCUT2D eigenvalue weighted by Gasteiger charge is -2.21. The minimum atomic E-state index is -0.469. The van der Waals surface area contributed by atoms with Gasteiger partial charge in [-0.15, -0.1) is 0 Å². The van der Waals surface area contributed by atoms with Crippen molar-refractivity contribution in [3.8, 4) is 0 Å². The van der Waals surface area contributed by atoms with E-state index in [1.807, 2.05) is 26.8 Å². The summed E-state index contributed by atoms with van der Waals surface area (Å²) >= 11 is 0. The van der Waals surface area contributed by atoms with Crippen LogP contribution in [0.3, 0.4) is 0 Å². The van der Waals surface area contributed by atoms with Crippen molar-refractivity contribution < 1.29 is 9.53 Å². The molecule has 1 N–H and O–H groups in total. The molecule has 5 nitrogen and oxygen atoms in total. The van der Waals surface area contributed by atoms with Crippen LogP contribution in [-0.2, 0) is 11.2 Å². The topological polar surface area (TPSA) is 64.1 Å². The molecule has 0 bridgehead atoms. The molecule has 1 aromatic carbocycles. The van der Waals surface area contributed by atoms with Crippen molar-refractivity contribution in [3.63, 3.8) is 0 Å². The second-order valence-electron chi connectivity index (χ2n) is 6.74. The summed E-state index contributed by atoms with van der Waals surface area (Å²) < 4.78 is 5.27. The summed E-state index contributed by atoms with van der Waals surface area (Å²) in [5.41, 5.74) is 2.54. The molecular weight excluding hydrogens is 290 g/mol. The number of rotatable bonds is 5. The van der Waals surface area contributed by atoms with Crippen molar-refractivity contribution in [1.29, 1.82) is 0 Å². The number of nitrogens with zero attached hydrogens (tertiary/aromatic N) is 2. The number of fused-ring (bicyclic) bond motifs is 1. The summed E-state index contributed by atoms with van der Waals surface area (Å²) in [4.78, 5) is 20.4. The third-order valence-corrected chi connectivity index (χ3v) is 3.57. The van der Waals surface area contributed by atoms with Gasteiger partial charge >= 0.3 is 6.09 Å². The van der Waals surface area contributed by atoms with E-state index in [4.69, 9.17) is 4.74 Å². The Kier molecular flexibility index (Phi) is 5.53. The smallest absolute Gasteiger partial charge is 0.407 e. The average molecular weight is 315 g/mol. The van der Waals surface area contributed by atoms with E-state index in [1.165, 1.54) is 5.56 Å². The van der Waals surface area contributed by atoms with Gasteiger partial charge in [-0.05, 0) is 50.8 Å². The van der Waals surface area contributed by atoms with Gasteiger partial charge in [0.15, 0.2) is 0 Å². The molecular formula is C18H25N3O2. The monoisotopic (exact) mass is 315 g/mol. The molecule has 2 rings (SSSR count). The van der Waals surface area contributed by atoms with Crippen LogP contribution in [0.15, 0.2) is 30.6 Å². The van der Waals surface area contributed by atoms with Gasteiger partial charge < -0.3 is 10.1 Å². The molecule has 124 valence electrons. The summed E-state index contributed by atoms with van der Waals surface area (Å²) in [6.07, 6.45) is 4.91. The van der Waals surface area contributed by atoms with Gasteiger partial charge in [0.05, 0.1) is 11.0 Å². The van der Waals surface area contributed by atoms with E-state index in [9.17, 15) is 4.79 Å². The van der Waals surface area contributed by atoms with Crippen molar-refractivity contribution in [2.24, 2.45) is 5.92 Å². The Hall–Kier alpha value is -2.17. The van der Waals surface area contributed by atoms with Crippen LogP contribution in [0.25, 0.3) is 11.0 Å². The molecule has 1 amide bonds. The van der Waals surface area contributed by atoms with Crippen LogP contribution >= 0.6 is 0 Å². The Morgan fingerprint density at radius 1 is 1.22 bits per heavy atom. The highest BCUT2D eigenvalue weighted by molar-refractivity contribution is 5.74. The third kappa shape index (κ3) is 5.51. The first kappa shape index (κ1) is 17.2. The SMILES string of the molecule is CCC(CNC(=O)OC(C)(C)C)Cc1ccc2nccnc2c1. The van der Waals surface area contributed by atoms with E-state index in [0.29, 0.717) is 12.5 Å².